The summed E-state index contributed by atoms with van der Waals surface area (Å²) < 4.78 is 39.1. The topological polar surface area (TPSA) is 66.5 Å². The maximum Gasteiger partial charge on any atom is 0.235 e. The number of carbonyl (C=O) groups is 1. The Kier molecular flexibility index (Phi) is 7.32. The first-order chi connectivity index (χ1) is 13.1. The lowest BCUT2D eigenvalue weighted by Crippen LogP contribution is -2.41. The number of aryl methyl sites for hydroxylation is 2. The average Bonchev–Trinajstić information content (AvgIpc) is 2.60. The maximum atomic E-state index is 13.9. The van der Waals surface area contributed by atoms with E-state index in [4.69, 9.17) is 0 Å². The summed E-state index contributed by atoms with van der Waals surface area (Å²) in [6.45, 7) is 5.38. The van der Waals surface area contributed by atoms with Gasteiger partial charge in [0, 0.05) is 12.1 Å². The van der Waals surface area contributed by atoms with E-state index in [1.165, 1.54) is 18.2 Å². The van der Waals surface area contributed by atoms with Gasteiger partial charge in [0.05, 0.1) is 18.8 Å². The molecule has 0 fully saturated rings. The fraction of sp³-hybridized carbons (Fsp3) is 0.381. The Hall–Kier alpha value is -2.25. The van der Waals surface area contributed by atoms with Crippen LogP contribution in [0, 0.1) is 19.7 Å². The van der Waals surface area contributed by atoms with Crippen molar-refractivity contribution in [3.8, 4) is 0 Å². The number of hydrogen-bond acceptors (Lipinski definition) is 3. The van der Waals surface area contributed by atoms with Crippen LogP contribution in [0.1, 0.15) is 41.6 Å². The molecule has 0 aliphatic heterocycles. The van der Waals surface area contributed by atoms with Crippen LogP contribution in [0.5, 0.6) is 0 Å². The summed E-state index contributed by atoms with van der Waals surface area (Å²) in [5, 5.41) is 2.91. The van der Waals surface area contributed by atoms with Gasteiger partial charge in [0.15, 0.2) is 0 Å². The van der Waals surface area contributed by atoms with Crippen molar-refractivity contribution in [2.75, 3.05) is 12.8 Å². The highest BCUT2D eigenvalue weighted by Gasteiger charge is 2.23. The fourth-order valence-corrected chi connectivity index (χ4v) is 3.85. The van der Waals surface area contributed by atoms with Crippen LogP contribution in [-0.2, 0) is 21.4 Å². The van der Waals surface area contributed by atoms with E-state index in [0.29, 0.717) is 6.42 Å². The summed E-state index contributed by atoms with van der Waals surface area (Å²) in [4.78, 5) is 12.6. The molecule has 2 aromatic rings. The van der Waals surface area contributed by atoms with Crippen LogP contribution in [0.4, 0.5) is 4.39 Å². The van der Waals surface area contributed by atoms with E-state index in [1.807, 2.05) is 39.0 Å². The first-order valence-electron chi connectivity index (χ1n) is 9.16. The predicted molar refractivity (Wildman–Crippen MR) is 109 cm³/mol. The van der Waals surface area contributed by atoms with E-state index in [1.54, 1.807) is 6.07 Å². The minimum Gasteiger partial charge on any atom is -0.348 e. The number of hydrogen-bond donors (Lipinski definition) is 1. The molecule has 0 spiro atoms. The number of nitrogens with zero attached hydrogens (tertiary/aromatic N) is 1. The Morgan fingerprint density at radius 3 is 2.43 bits per heavy atom. The summed E-state index contributed by atoms with van der Waals surface area (Å²) >= 11 is 0. The van der Waals surface area contributed by atoms with Gasteiger partial charge in [-0.25, -0.2) is 12.8 Å². The van der Waals surface area contributed by atoms with E-state index in [0.717, 1.165) is 27.3 Å². The Balaban J connectivity index is 2.15. The van der Waals surface area contributed by atoms with Crippen LogP contribution in [0.3, 0.4) is 0 Å². The van der Waals surface area contributed by atoms with Crippen LogP contribution >= 0.6 is 0 Å². The zero-order valence-corrected chi connectivity index (χ0v) is 17.5. The third kappa shape index (κ3) is 5.87. The highest BCUT2D eigenvalue weighted by atomic mass is 32.2. The number of nitrogens with one attached hydrogen (secondary N) is 1. The highest BCUT2D eigenvalue weighted by molar-refractivity contribution is 7.88. The average molecular weight is 407 g/mol. The number of amides is 1. The second-order valence-electron chi connectivity index (χ2n) is 7.01. The van der Waals surface area contributed by atoms with Gasteiger partial charge < -0.3 is 5.32 Å². The molecule has 0 radical (unpaired) electrons. The third-order valence-electron chi connectivity index (χ3n) is 4.64. The van der Waals surface area contributed by atoms with Crippen LogP contribution in [0.2, 0.25) is 0 Å². The standard InChI is InChI=1S/C21H27FN2O3S/c1-5-20(18-11-10-15(2)12-16(18)3)23-21(25)14-24(28(4,26)27)13-17-8-6-7-9-19(17)22/h6-12,20H,5,13-14H2,1-4H3,(H,23,25)/t20-/m1/s1. The minimum atomic E-state index is -3.69. The molecular weight excluding hydrogens is 379 g/mol. The van der Waals surface area contributed by atoms with Crippen LogP contribution in [0.25, 0.3) is 0 Å². The Morgan fingerprint density at radius 2 is 1.86 bits per heavy atom. The second kappa shape index (κ2) is 9.30. The molecule has 0 aliphatic carbocycles. The quantitative estimate of drug-likeness (QED) is 0.730. The molecule has 1 atom stereocenters. The van der Waals surface area contributed by atoms with Gasteiger partial charge in [-0.3, -0.25) is 4.79 Å². The molecular formula is C21H27FN2O3S. The summed E-state index contributed by atoms with van der Waals surface area (Å²) in [5.74, 6) is -0.924. The summed E-state index contributed by atoms with van der Waals surface area (Å²) in [6.07, 6.45) is 1.68. The monoisotopic (exact) mass is 406 g/mol. The van der Waals surface area contributed by atoms with Gasteiger partial charge in [-0.1, -0.05) is 48.9 Å². The molecule has 0 aromatic heterocycles. The Morgan fingerprint density at radius 1 is 1.18 bits per heavy atom. The predicted octanol–water partition coefficient (Wildman–Crippen LogP) is 3.47. The molecule has 0 unspecified atom stereocenters. The largest absolute Gasteiger partial charge is 0.348 e. The maximum absolute atomic E-state index is 13.9. The van der Waals surface area contributed by atoms with Gasteiger partial charge in [-0.2, -0.15) is 4.31 Å². The van der Waals surface area contributed by atoms with Gasteiger partial charge in [-0.05, 0) is 37.5 Å². The van der Waals surface area contributed by atoms with E-state index >= 15 is 0 Å². The van der Waals surface area contributed by atoms with Gasteiger partial charge in [0.1, 0.15) is 5.82 Å². The van der Waals surface area contributed by atoms with Crippen LogP contribution in [-0.4, -0.2) is 31.4 Å². The van der Waals surface area contributed by atoms with E-state index in [-0.39, 0.29) is 24.7 Å². The Bertz CT molecular complexity index is 944. The number of halogens is 1. The van der Waals surface area contributed by atoms with Gasteiger partial charge >= 0.3 is 0 Å². The number of sulfonamides is 1. The number of benzene rings is 2. The molecule has 28 heavy (non-hydrogen) atoms. The molecule has 2 aromatic carbocycles. The van der Waals surface area contributed by atoms with Crippen molar-refractivity contribution in [3.63, 3.8) is 0 Å². The van der Waals surface area contributed by atoms with E-state index in [9.17, 15) is 17.6 Å². The zero-order chi connectivity index (χ0) is 20.9. The van der Waals surface area contributed by atoms with Crippen molar-refractivity contribution in [3.05, 3.63) is 70.5 Å². The molecule has 7 heteroatoms. The molecule has 0 heterocycles. The lowest BCUT2D eigenvalue weighted by atomic mass is 9.97. The zero-order valence-electron chi connectivity index (χ0n) is 16.7. The first-order valence-corrected chi connectivity index (χ1v) is 11.0. The van der Waals surface area contributed by atoms with Crippen LogP contribution < -0.4 is 5.32 Å². The lowest BCUT2D eigenvalue weighted by Gasteiger charge is -2.23. The highest BCUT2D eigenvalue weighted by Crippen LogP contribution is 2.22. The van der Waals surface area contributed by atoms with Crippen molar-refractivity contribution in [1.29, 1.82) is 0 Å². The molecule has 0 bridgehead atoms. The molecule has 152 valence electrons. The van der Waals surface area contributed by atoms with Crippen LogP contribution in [0.15, 0.2) is 42.5 Å². The van der Waals surface area contributed by atoms with Crippen molar-refractivity contribution in [2.24, 2.45) is 0 Å². The van der Waals surface area contributed by atoms with Gasteiger partial charge in [0.25, 0.3) is 0 Å². The Labute approximate surface area is 166 Å². The van der Waals surface area contributed by atoms with E-state index in [2.05, 4.69) is 5.32 Å². The van der Waals surface area contributed by atoms with Crippen molar-refractivity contribution in [2.45, 2.75) is 39.8 Å². The minimum absolute atomic E-state index is 0.195. The summed E-state index contributed by atoms with van der Waals surface area (Å²) in [7, 11) is -3.69. The molecule has 5 nitrogen and oxygen atoms in total. The van der Waals surface area contributed by atoms with Gasteiger partial charge in [0.2, 0.25) is 15.9 Å². The van der Waals surface area contributed by atoms with Crippen molar-refractivity contribution < 1.29 is 17.6 Å². The SMILES string of the molecule is CC[C@@H](NC(=O)CN(Cc1ccccc1F)S(C)(=O)=O)c1ccc(C)cc1C. The molecule has 2 rings (SSSR count). The van der Waals surface area contributed by atoms with Crippen molar-refractivity contribution >= 4 is 15.9 Å². The molecule has 1 N–H and O–H groups in total. The summed E-state index contributed by atoms with van der Waals surface area (Å²) in [6, 6.07) is 11.7. The summed E-state index contributed by atoms with van der Waals surface area (Å²) in [5.41, 5.74) is 3.43. The second-order valence-corrected chi connectivity index (χ2v) is 8.99. The lowest BCUT2D eigenvalue weighted by molar-refractivity contribution is -0.122. The van der Waals surface area contributed by atoms with Gasteiger partial charge in [-0.15, -0.1) is 0 Å². The van der Waals surface area contributed by atoms with Crippen molar-refractivity contribution in [1.82, 2.24) is 9.62 Å². The smallest absolute Gasteiger partial charge is 0.235 e. The normalized spacial score (nSPS) is 12.8. The molecule has 0 aliphatic rings. The third-order valence-corrected chi connectivity index (χ3v) is 5.83. The van der Waals surface area contributed by atoms with E-state index < -0.39 is 21.7 Å². The molecule has 0 saturated carbocycles. The first kappa shape index (κ1) is 22.0. The number of rotatable bonds is 8. The fourth-order valence-electron chi connectivity index (χ4n) is 3.12. The number of carbonyl (C=O) groups excluding carboxylic acids is 1. The molecule has 0 saturated heterocycles. The molecule has 1 amide bonds.